The lowest BCUT2D eigenvalue weighted by molar-refractivity contribution is -0.137. The summed E-state index contributed by atoms with van der Waals surface area (Å²) in [4.78, 5) is 11.5. The number of hydrogen-bond acceptors (Lipinski definition) is 2. The molecule has 0 fully saturated rings. The van der Waals surface area contributed by atoms with Crippen LogP contribution in [0, 0.1) is 0 Å². The highest BCUT2D eigenvalue weighted by atomic mass is 35.5. The normalized spacial score (nSPS) is 12.3. The van der Waals surface area contributed by atoms with Gasteiger partial charge in [-0.05, 0) is 36.7 Å². The average molecular weight is 410 g/mol. The molecule has 1 rings (SSSR count). The van der Waals surface area contributed by atoms with Crippen LogP contribution in [0.2, 0.25) is 0 Å². The molecular weight excluding hydrogens is 387 g/mol. The van der Waals surface area contributed by atoms with Gasteiger partial charge in [0.05, 0.1) is 10.9 Å². The molecule has 0 saturated carbocycles. The van der Waals surface area contributed by atoms with Crippen LogP contribution in [-0.4, -0.2) is 22.9 Å². The number of hydrazine groups is 1. The number of nitrogens with one attached hydrogen (secondary N) is 3. The van der Waals surface area contributed by atoms with Gasteiger partial charge in [0.1, 0.15) is 0 Å². The van der Waals surface area contributed by atoms with Crippen molar-refractivity contribution in [3.05, 3.63) is 35.4 Å². The van der Waals surface area contributed by atoms with Gasteiger partial charge in [0.15, 0.2) is 5.11 Å². The minimum atomic E-state index is -4.38. The van der Waals surface area contributed by atoms with Crippen LogP contribution in [-0.2, 0) is 17.4 Å². The first-order valence-corrected chi connectivity index (χ1v) is 9.19. The van der Waals surface area contributed by atoms with Gasteiger partial charge in [0, 0.05) is 13.0 Å². The zero-order valence-corrected chi connectivity index (χ0v) is 16.0. The SMILES string of the molecule is CCCCCC(=O)NNC(=S)NC[C@@H](Cl)Cc1cccc(C(F)(F)F)c1. The van der Waals surface area contributed by atoms with E-state index in [0.717, 1.165) is 31.4 Å². The Morgan fingerprint density at radius 3 is 2.65 bits per heavy atom. The van der Waals surface area contributed by atoms with E-state index in [-0.39, 0.29) is 24.0 Å². The molecular formula is C17H23ClF3N3OS. The van der Waals surface area contributed by atoms with E-state index in [0.29, 0.717) is 12.0 Å². The molecule has 0 saturated heterocycles. The van der Waals surface area contributed by atoms with Crippen molar-refractivity contribution in [3.63, 3.8) is 0 Å². The van der Waals surface area contributed by atoms with Gasteiger partial charge in [-0.25, -0.2) is 0 Å². The number of amides is 1. The molecule has 1 atom stereocenters. The van der Waals surface area contributed by atoms with Crippen molar-refractivity contribution in [2.45, 2.75) is 50.6 Å². The topological polar surface area (TPSA) is 53.2 Å². The molecule has 0 aliphatic heterocycles. The second-order valence-corrected chi connectivity index (χ2v) is 6.87. The van der Waals surface area contributed by atoms with Gasteiger partial charge >= 0.3 is 6.18 Å². The Bertz CT molecular complexity index is 599. The molecule has 0 bridgehead atoms. The molecule has 146 valence electrons. The molecule has 0 aliphatic carbocycles. The first kappa shape index (κ1) is 22.5. The van der Waals surface area contributed by atoms with Gasteiger partial charge in [-0.1, -0.05) is 38.0 Å². The maximum atomic E-state index is 12.7. The predicted octanol–water partition coefficient (Wildman–Crippen LogP) is 3.93. The molecule has 0 aromatic heterocycles. The van der Waals surface area contributed by atoms with Crippen LogP contribution in [0.25, 0.3) is 0 Å². The summed E-state index contributed by atoms with van der Waals surface area (Å²) in [6, 6.07) is 5.06. The average Bonchev–Trinajstić information content (AvgIpc) is 2.58. The van der Waals surface area contributed by atoms with E-state index >= 15 is 0 Å². The number of alkyl halides is 4. The van der Waals surface area contributed by atoms with Crippen molar-refractivity contribution < 1.29 is 18.0 Å². The van der Waals surface area contributed by atoms with Gasteiger partial charge in [-0.2, -0.15) is 13.2 Å². The number of hydrogen-bond donors (Lipinski definition) is 3. The maximum Gasteiger partial charge on any atom is 0.416 e. The minimum Gasteiger partial charge on any atom is -0.360 e. The third kappa shape index (κ3) is 9.24. The zero-order valence-electron chi connectivity index (χ0n) is 14.5. The van der Waals surface area contributed by atoms with E-state index in [4.69, 9.17) is 23.8 Å². The largest absolute Gasteiger partial charge is 0.416 e. The fourth-order valence-electron chi connectivity index (χ4n) is 2.17. The summed E-state index contributed by atoms with van der Waals surface area (Å²) in [7, 11) is 0. The minimum absolute atomic E-state index is 0.158. The highest BCUT2D eigenvalue weighted by Crippen LogP contribution is 2.29. The molecule has 1 aromatic rings. The quantitative estimate of drug-likeness (QED) is 0.263. The lowest BCUT2D eigenvalue weighted by Gasteiger charge is -2.15. The summed E-state index contributed by atoms with van der Waals surface area (Å²) < 4.78 is 38.1. The van der Waals surface area contributed by atoms with Crippen molar-refractivity contribution in [1.82, 2.24) is 16.2 Å². The van der Waals surface area contributed by atoms with Gasteiger partial charge in [0.2, 0.25) is 5.91 Å². The van der Waals surface area contributed by atoms with E-state index < -0.39 is 17.1 Å². The van der Waals surface area contributed by atoms with Crippen molar-refractivity contribution in [1.29, 1.82) is 0 Å². The summed E-state index contributed by atoms with van der Waals surface area (Å²) in [5.41, 5.74) is 4.84. The summed E-state index contributed by atoms with van der Waals surface area (Å²) in [6.07, 6.45) is -0.882. The Balaban J connectivity index is 2.32. The van der Waals surface area contributed by atoms with Crippen molar-refractivity contribution >= 4 is 34.8 Å². The third-order valence-corrected chi connectivity index (χ3v) is 4.07. The number of carbonyl (C=O) groups is 1. The van der Waals surface area contributed by atoms with Gasteiger partial charge in [-0.15, -0.1) is 11.6 Å². The molecule has 0 radical (unpaired) electrons. The van der Waals surface area contributed by atoms with Crippen LogP contribution >= 0.6 is 23.8 Å². The smallest absolute Gasteiger partial charge is 0.360 e. The van der Waals surface area contributed by atoms with E-state index in [1.807, 2.05) is 0 Å². The number of carbonyl (C=O) groups excluding carboxylic acids is 1. The number of rotatable bonds is 8. The van der Waals surface area contributed by atoms with Crippen LogP contribution in [0.1, 0.15) is 43.7 Å². The van der Waals surface area contributed by atoms with Crippen LogP contribution in [0.4, 0.5) is 13.2 Å². The van der Waals surface area contributed by atoms with Crippen LogP contribution in [0.15, 0.2) is 24.3 Å². The zero-order chi connectivity index (χ0) is 19.6. The molecule has 0 unspecified atom stereocenters. The molecule has 1 aromatic carbocycles. The van der Waals surface area contributed by atoms with Crippen molar-refractivity contribution in [3.8, 4) is 0 Å². The molecule has 9 heteroatoms. The van der Waals surface area contributed by atoms with Crippen LogP contribution < -0.4 is 16.2 Å². The van der Waals surface area contributed by atoms with Gasteiger partial charge < -0.3 is 5.32 Å². The second-order valence-electron chi connectivity index (χ2n) is 5.84. The predicted molar refractivity (Wildman–Crippen MR) is 101 cm³/mol. The molecule has 3 N–H and O–H groups in total. The van der Waals surface area contributed by atoms with Crippen LogP contribution in [0.3, 0.4) is 0 Å². The van der Waals surface area contributed by atoms with Crippen molar-refractivity contribution in [2.75, 3.05) is 6.54 Å². The summed E-state index contributed by atoms with van der Waals surface area (Å²) >= 11 is 11.2. The molecule has 0 aliphatic rings. The van der Waals surface area contributed by atoms with Crippen LogP contribution in [0.5, 0.6) is 0 Å². The Kier molecular flexibility index (Phi) is 9.72. The van der Waals surface area contributed by atoms with E-state index in [1.54, 1.807) is 6.07 Å². The number of unbranched alkanes of at least 4 members (excludes halogenated alkanes) is 2. The molecule has 1 amide bonds. The standard InChI is InChI=1S/C17H23ClF3N3OS/c1-2-3-4-8-15(25)23-24-16(26)22-11-14(18)10-12-6-5-7-13(9-12)17(19,20)21/h5-7,9,14H,2-4,8,10-11H2,1H3,(H,23,25)(H2,22,24,26)/t14-/m0/s1. The highest BCUT2D eigenvalue weighted by Gasteiger charge is 2.30. The fraction of sp³-hybridized carbons (Fsp3) is 0.529. The fourth-order valence-corrected chi connectivity index (χ4v) is 2.56. The lowest BCUT2D eigenvalue weighted by atomic mass is 10.1. The molecule has 0 heterocycles. The Hall–Kier alpha value is -1.54. The Morgan fingerprint density at radius 2 is 2.00 bits per heavy atom. The second kappa shape index (κ2) is 11.2. The summed E-state index contributed by atoms with van der Waals surface area (Å²) in [5, 5.41) is 2.56. The number of benzene rings is 1. The van der Waals surface area contributed by atoms with Crippen molar-refractivity contribution in [2.24, 2.45) is 0 Å². The van der Waals surface area contributed by atoms with E-state index in [9.17, 15) is 18.0 Å². The molecule has 26 heavy (non-hydrogen) atoms. The van der Waals surface area contributed by atoms with E-state index in [2.05, 4.69) is 23.1 Å². The lowest BCUT2D eigenvalue weighted by Crippen LogP contribution is -2.48. The highest BCUT2D eigenvalue weighted by molar-refractivity contribution is 7.80. The number of halogens is 4. The first-order valence-electron chi connectivity index (χ1n) is 8.35. The van der Waals surface area contributed by atoms with E-state index in [1.165, 1.54) is 6.07 Å². The Morgan fingerprint density at radius 1 is 1.27 bits per heavy atom. The monoisotopic (exact) mass is 409 g/mol. The number of thiocarbonyl (C=S) groups is 1. The molecule has 0 spiro atoms. The third-order valence-electron chi connectivity index (χ3n) is 3.52. The molecule has 4 nitrogen and oxygen atoms in total. The van der Waals surface area contributed by atoms with Gasteiger partial charge in [-0.3, -0.25) is 15.6 Å². The maximum absolute atomic E-state index is 12.7. The first-order chi connectivity index (χ1) is 12.2. The summed E-state index contributed by atoms with van der Waals surface area (Å²) in [6.45, 7) is 2.30. The summed E-state index contributed by atoms with van der Waals surface area (Å²) in [5.74, 6) is -0.158. The van der Waals surface area contributed by atoms with Gasteiger partial charge in [0.25, 0.3) is 0 Å². The Labute approximate surface area is 161 Å².